The standard InChI is InChI=1S/C13H13N/c1-2-11-8-13(10-14-9-11)12-6-4-3-5-7-12/h3-10H,2H2,1H3. The molecule has 0 saturated carbocycles. The Bertz CT molecular complexity index is 407. The lowest BCUT2D eigenvalue weighted by Crippen LogP contribution is -1.85. The van der Waals surface area contributed by atoms with Crippen LogP contribution in [0, 0.1) is 0 Å². The Morgan fingerprint density at radius 3 is 2.50 bits per heavy atom. The molecule has 0 N–H and O–H groups in total. The molecule has 0 saturated heterocycles. The lowest BCUT2D eigenvalue weighted by atomic mass is 10.1. The molecule has 0 bridgehead atoms. The summed E-state index contributed by atoms with van der Waals surface area (Å²) in [6.45, 7) is 2.14. The van der Waals surface area contributed by atoms with E-state index in [0.717, 1.165) is 6.42 Å². The van der Waals surface area contributed by atoms with Crippen molar-refractivity contribution >= 4 is 0 Å². The van der Waals surface area contributed by atoms with E-state index in [1.54, 1.807) is 0 Å². The Hall–Kier alpha value is -1.63. The molecule has 2 aromatic rings. The minimum Gasteiger partial charge on any atom is -0.264 e. The molecular weight excluding hydrogens is 170 g/mol. The van der Waals surface area contributed by atoms with Gasteiger partial charge in [-0.15, -0.1) is 0 Å². The third-order valence-electron chi connectivity index (χ3n) is 2.31. The fourth-order valence-electron chi connectivity index (χ4n) is 1.47. The molecule has 14 heavy (non-hydrogen) atoms. The molecule has 0 atom stereocenters. The molecular formula is C13H13N. The number of benzene rings is 1. The predicted molar refractivity (Wildman–Crippen MR) is 59.1 cm³/mol. The van der Waals surface area contributed by atoms with Crippen LogP contribution in [0.1, 0.15) is 12.5 Å². The maximum absolute atomic E-state index is 4.23. The van der Waals surface area contributed by atoms with Crippen LogP contribution in [-0.4, -0.2) is 4.98 Å². The van der Waals surface area contributed by atoms with Gasteiger partial charge in [0.1, 0.15) is 0 Å². The van der Waals surface area contributed by atoms with Crippen LogP contribution in [-0.2, 0) is 6.42 Å². The molecule has 70 valence electrons. The molecule has 1 aromatic heterocycles. The zero-order valence-electron chi connectivity index (χ0n) is 8.27. The number of hydrogen-bond donors (Lipinski definition) is 0. The van der Waals surface area contributed by atoms with Crippen LogP contribution >= 0.6 is 0 Å². The first-order valence-corrected chi connectivity index (χ1v) is 4.89. The molecule has 0 aliphatic carbocycles. The first kappa shape index (κ1) is 8.95. The van der Waals surface area contributed by atoms with E-state index in [2.05, 4.69) is 30.1 Å². The van der Waals surface area contributed by atoms with Crippen molar-refractivity contribution in [2.75, 3.05) is 0 Å². The average molecular weight is 183 g/mol. The second-order valence-electron chi connectivity index (χ2n) is 3.30. The van der Waals surface area contributed by atoms with Crippen LogP contribution in [0.5, 0.6) is 0 Å². The van der Waals surface area contributed by atoms with Crippen molar-refractivity contribution in [2.24, 2.45) is 0 Å². The van der Waals surface area contributed by atoms with Crippen LogP contribution in [0.15, 0.2) is 48.8 Å². The highest BCUT2D eigenvalue weighted by Crippen LogP contribution is 2.18. The van der Waals surface area contributed by atoms with Gasteiger partial charge in [0.05, 0.1) is 0 Å². The van der Waals surface area contributed by atoms with Gasteiger partial charge in [0.25, 0.3) is 0 Å². The van der Waals surface area contributed by atoms with Gasteiger partial charge in [0, 0.05) is 18.0 Å². The number of hydrogen-bond acceptors (Lipinski definition) is 1. The highest BCUT2D eigenvalue weighted by Gasteiger charge is 1.97. The normalized spacial score (nSPS) is 10.1. The maximum Gasteiger partial charge on any atom is 0.0346 e. The van der Waals surface area contributed by atoms with Crippen LogP contribution in [0.4, 0.5) is 0 Å². The smallest absolute Gasteiger partial charge is 0.0346 e. The molecule has 1 nitrogen and oxygen atoms in total. The molecule has 0 aliphatic heterocycles. The Morgan fingerprint density at radius 1 is 1.00 bits per heavy atom. The highest BCUT2D eigenvalue weighted by molar-refractivity contribution is 5.62. The van der Waals surface area contributed by atoms with E-state index >= 15 is 0 Å². The zero-order chi connectivity index (χ0) is 9.80. The third kappa shape index (κ3) is 1.82. The van der Waals surface area contributed by atoms with Gasteiger partial charge < -0.3 is 0 Å². The van der Waals surface area contributed by atoms with E-state index in [1.165, 1.54) is 16.7 Å². The number of pyridine rings is 1. The molecule has 0 amide bonds. The number of rotatable bonds is 2. The minimum absolute atomic E-state index is 1.04. The van der Waals surface area contributed by atoms with Crippen molar-refractivity contribution in [3.63, 3.8) is 0 Å². The van der Waals surface area contributed by atoms with Crippen LogP contribution in [0.2, 0.25) is 0 Å². The topological polar surface area (TPSA) is 12.9 Å². The number of nitrogens with zero attached hydrogens (tertiary/aromatic N) is 1. The summed E-state index contributed by atoms with van der Waals surface area (Å²) in [6, 6.07) is 12.5. The number of aryl methyl sites for hydroxylation is 1. The number of aromatic nitrogens is 1. The van der Waals surface area contributed by atoms with Crippen LogP contribution in [0.3, 0.4) is 0 Å². The van der Waals surface area contributed by atoms with Crippen molar-refractivity contribution in [3.05, 3.63) is 54.4 Å². The van der Waals surface area contributed by atoms with Gasteiger partial charge in [0.15, 0.2) is 0 Å². The molecule has 1 heterocycles. The van der Waals surface area contributed by atoms with Crippen LogP contribution in [0.25, 0.3) is 11.1 Å². The lowest BCUT2D eigenvalue weighted by Gasteiger charge is -2.02. The molecule has 2 rings (SSSR count). The first-order valence-electron chi connectivity index (χ1n) is 4.89. The molecule has 0 spiro atoms. The van der Waals surface area contributed by atoms with Gasteiger partial charge in [-0.1, -0.05) is 37.3 Å². The summed E-state index contributed by atoms with van der Waals surface area (Å²) in [7, 11) is 0. The van der Waals surface area contributed by atoms with Crippen molar-refractivity contribution in [1.82, 2.24) is 4.98 Å². The van der Waals surface area contributed by atoms with E-state index in [1.807, 2.05) is 30.6 Å². The summed E-state index contributed by atoms with van der Waals surface area (Å²) in [5.41, 5.74) is 3.71. The third-order valence-corrected chi connectivity index (χ3v) is 2.31. The van der Waals surface area contributed by atoms with E-state index < -0.39 is 0 Å². The van der Waals surface area contributed by atoms with Crippen molar-refractivity contribution in [2.45, 2.75) is 13.3 Å². The SMILES string of the molecule is CCc1cncc(-c2ccccc2)c1. The quantitative estimate of drug-likeness (QED) is 0.696. The van der Waals surface area contributed by atoms with Crippen molar-refractivity contribution < 1.29 is 0 Å². The van der Waals surface area contributed by atoms with E-state index in [-0.39, 0.29) is 0 Å². The lowest BCUT2D eigenvalue weighted by molar-refractivity contribution is 1.10. The second kappa shape index (κ2) is 4.05. The Kier molecular flexibility index (Phi) is 2.59. The van der Waals surface area contributed by atoms with E-state index in [9.17, 15) is 0 Å². The highest BCUT2D eigenvalue weighted by atomic mass is 14.6. The molecule has 0 unspecified atom stereocenters. The molecule has 1 aromatic carbocycles. The van der Waals surface area contributed by atoms with Crippen molar-refractivity contribution in [3.8, 4) is 11.1 Å². The van der Waals surface area contributed by atoms with Gasteiger partial charge in [-0.25, -0.2) is 0 Å². The summed E-state index contributed by atoms with van der Waals surface area (Å²) < 4.78 is 0. The minimum atomic E-state index is 1.04. The molecule has 0 fully saturated rings. The maximum atomic E-state index is 4.23. The molecule has 0 radical (unpaired) electrons. The van der Waals surface area contributed by atoms with Crippen LogP contribution < -0.4 is 0 Å². The molecule has 0 aliphatic rings. The molecule has 1 heteroatoms. The zero-order valence-corrected chi connectivity index (χ0v) is 8.27. The Balaban J connectivity index is 2.42. The summed E-state index contributed by atoms with van der Waals surface area (Å²) in [4.78, 5) is 4.23. The van der Waals surface area contributed by atoms with E-state index in [4.69, 9.17) is 0 Å². The van der Waals surface area contributed by atoms with E-state index in [0.29, 0.717) is 0 Å². The Morgan fingerprint density at radius 2 is 1.79 bits per heavy atom. The van der Waals surface area contributed by atoms with Gasteiger partial charge in [-0.05, 0) is 23.6 Å². The summed E-state index contributed by atoms with van der Waals surface area (Å²) in [6.07, 6.45) is 4.87. The Labute approximate surface area is 84.4 Å². The van der Waals surface area contributed by atoms with Gasteiger partial charge in [-0.2, -0.15) is 0 Å². The largest absolute Gasteiger partial charge is 0.264 e. The van der Waals surface area contributed by atoms with Gasteiger partial charge >= 0.3 is 0 Å². The monoisotopic (exact) mass is 183 g/mol. The van der Waals surface area contributed by atoms with Gasteiger partial charge in [-0.3, -0.25) is 4.98 Å². The summed E-state index contributed by atoms with van der Waals surface area (Å²) in [5.74, 6) is 0. The second-order valence-corrected chi connectivity index (χ2v) is 3.30. The fourth-order valence-corrected chi connectivity index (χ4v) is 1.47. The fraction of sp³-hybridized carbons (Fsp3) is 0.154. The average Bonchev–Trinajstić information content (AvgIpc) is 2.30. The summed E-state index contributed by atoms with van der Waals surface area (Å²) in [5, 5.41) is 0. The predicted octanol–water partition coefficient (Wildman–Crippen LogP) is 3.31. The van der Waals surface area contributed by atoms with Gasteiger partial charge in [0.2, 0.25) is 0 Å². The van der Waals surface area contributed by atoms with Crippen molar-refractivity contribution in [1.29, 1.82) is 0 Å². The first-order chi connectivity index (χ1) is 6.90. The summed E-state index contributed by atoms with van der Waals surface area (Å²) >= 11 is 0.